The van der Waals surface area contributed by atoms with Crippen molar-refractivity contribution in [1.29, 1.82) is 0 Å². The van der Waals surface area contributed by atoms with E-state index in [1.165, 1.54) is 0 Å². The first-order valence-corrected chi connectivity index (χ1v) is 11.9. The number of carbonyl (C=O) groups excluding carboxylic acids is 2. The predicted octanol–water partition coefficient (Wildman–Crippen LogP) is 5.60. The summed E-state index contributed by atoms with van der Waals surface area (Å²) in [6, 6.07) is 14.5. The number of rotatable bonds is 10. The van der Waals surface area contributed by atoms with Gasteiger partial charge in [0.1, 0.15) is 11.8 Å². The van der Waals surface area contributed by atoms with Gasteiger partial charge in [-0.05, 0) is 41.0 Å². The van der Waals surface area contributed by atoms with E-state index in [1.807, 2.05) is 63.2 Å². The van der Waals surface area contributed by atoms with Gasteiger partial charge in [-0.3, -0.25) is 9.59 Å². The highest BCUT2D eigenvalue weighted by Gasteiger charge is 2.30. The van der Waals surface area contributed by atoms with Crippen molar-refractivity contribution in [2.75, 3.05) is 13.2 Å². The van der Waals surface area contributed by atoms with E-state index in [9.17, 15) is 9.59 Å². The lowest BCUT2D eigenvalue weighted by Crippen LogP contribution is -2.50. The number of halogens is 1. The van der Waals surface area contributed by atoms with Gasteiger partial charge >= 0.3 is 0 Å². The van der Waals surface area contributed by atoms with Crippen molar-refractivity contribution in [2.24, 2.45) is 5.92 Å². The fourth-order valence-electron chi connectivity index (χ4n) is 3.59. The van der Waals surface area contributed by atoms with E-state index in [2.05, 4.69) is 26.1 Å². The molecule has 0 bridgehead atoms. The zero-order valence-electron chi connectivity index (χ0n) is 20.7. The van der Waals surface area contributed by atoms with Crippen LogP contribution in [0, 0.1) is 5.92 Å². The van der Waals surface area contributed by atoms with Gasteiger partial charge in [-0.25, -0.2) is 0 Å². The molecule has 0 aliphatic heterocycles. The fraction of sp³-hybridized carbons (Fsp3) is 0.481. The minimum absolute atomic E-state index is 0.125. The first-order valence-electron chi connectivity index (χ1n) is 11.6. The third kappa shape index (κ3) is 7.78. The van der Waals surface area contributed by atoms with Crippen molar-refractivity contribution < 1.29 is 14.3 Å². The molecular formula is C27H37ClN2O3. The molecule has 2 amide bonds. The quantitative estimate of drug-likeness (QED) is 0.490. The van der Waals surface area contributed by atoms with Crippen LogP contribution in [-0.4, -0.2) is 35.9 Å². The van der Waals surface area contributed by atoms with Gasteiger partial charge < -0.3 is 15.0 Å². The number of carbonyl (C=O) groups is 2. The minimum atomic E-state index is -0.617. The molecule has 0 saturated heterocycles. The van der Waals surface area contributed by atoms with Crippen LogP contribution in [-0.2, 0) is 21.5 Å². The van der Waals surface area contributed by atoms with Crippen LogP contribution in [0.5, 0.6) is 5.75 Å². The maximum atomic E-state index is 13.4. The highest BCUT2D eigenvalue weighted by atomic mass is 35.5. The molecule has 6 heteroatoms. The molecule has 1 unspecified atom stereocenters. The first-order chi connectivity index (χ1) is 15.5. The summed E-state index contributed by atoms with van der Waals surface area (Å²) in [6.45, 7) is 12.9. The largest absolute Gasteiger partial charge is 0.483 e. The lowest BCUT2D eigenvalue weighted by Gasteiger charge is -2.31. The molecule has 2 aromatic carbocycles. The monoisotopic (exact) mass is 472 g/mol. The van der Waals surface area contributed by atoms with Crippen LogP contribution in [0.15, 0.2) is 48.5 Å². The van der Waals surface area contributed by atoms with Gasteiger partial charge in [0, 0.05) is 18.1 Å². The maximum absolute atomic E-state index is 13.4. The lowest BCUT2D eigenvalue weighted by atomic mass is 9.86. The average Bonchev–Trinajstić information content (AvgIpc) is 2.76. The van der Waals surface area contributed by atoms with Crippen LogP contribution in [0.3, 0.4) is 0 Å². The Balaban J connectivity index is 2.28. The van der Waals surface area contributed by atoms with Crippen LogP contribution >= 0.6 is 11.6 Å². The molecule has 1 atom stereocenters. The summed E-state index contributed by atoms with van der Waals surface area (Å²) in [4.78, 5) is 28.0. The van der Waals surface area contributed by atoms with Crippen molar-refractivity contribution in [2.45, 2.75) is 66.0 Å². The van der Waals surface area contributed by atoms with Crippen molar-refractivity contribution in [3.05, 3.63) is 64.7 Å². The molecule has 0 saturated carbocycles. The molecular weight excluding hydrogens is 436 g/mol. The summed E-state index contributed by atoms with van der Waals surface area (Å²) in [7, 11) is 0. The van der Waals surface area contributed by atoms with Gasteiger partial charge in [0.2, 0.25) is 5.91 Å². The Hall–Kier alpha value is -2.53. The number of nitrogens with zero attached hydrogens (tertiary/aromatic N) is 1. The SMILES string of the molecule is CCC(C(=O)NCC(C)C)N(Cc1ccccc1Cl)C(=O)COc1ccccc1C(C)(C)C. The Morgan fingerprint density at radius 3 is 2.30 bits per heavy atom. The number of nitrogens with one attached hydrogen (secondary N) is 1. The predicted molar refractivity (Wildman–Crippen MR) is 135 cm³/mol. The highest BCUT2D eigenvalue weighted by molar-refractivity contribution is 6.31. The third-order valence-corrected chi connectivity index (χ3v) is 5.78. The molecule has 0 heterocycles. The van der Waals surface area contributed by atoms with Gasteiger partial charge in [0.05, 0.1) is 0 Å². The second kappa shape index (κ2) is 12.1. The summed E-state index contributed by atoms with van der Waals surface area (Å²) in [5.74, 6) is 0.566. The first kappa shape index (κ1) is 26.7. The molecule has 0 spiro atoms. The molecule has 2 aromatic rings. The van der Waals surface area contributed by atoms with Crippen LogP contribution in [0.1, 0.15) is 59.1 Å². The van der Waals surface area contributed by atoms with Crippen molar-refractivity contribution in [3.63, 3.8) is 0 Å². The van der Waals surface area contributed by atoms with E-state index in [0.717, 1.165) is 11.1 Å². The van der Waals surface area contributed by atoms with E-state index >= 15 is 0 Å². The van der Waals surface area contributed by atoms with E-state index < -0.39 is 6.04 Å². The second-order valence-electron chi connectivity index (χ2n) is 9.71. The van der Waals surface area contributed by atoms with Crippen molar-refractivity contribution >= 4 is 23.4 Å². The summed E-state index contributed by atoms with van der Waals surface area (Å²) >= 11 is 6.38. The number of benzene rings is 2. The van der Waals surface area contributed by atoms with Crippen LogP contribution in [0.2, 0.25) is 5.02 Å². The Kier molecular flexibility index (Phi) is 9.78. The Morgan fingerprint density at radius 2 is 1.70 bits per heavy atom. The maximum Gasteiger partial charge on any atom is 0.261 e. The Bertz CT molecular complexity index is 937. The zero-order chi connectivity index (χ0) is 24.6. The second-order valence-corrected chi connectivity index (χ2v) is 10.1. The molecule has 0 aliphatic rings. The molecule has 0 aromatic heterocycles. The van der Waals surface area contributed by atoms with Crippen molar-refractivity contribution in [1.82, 2.24) is 10.2 Å². The van der Waals surface area contributed by atoms with E-state index in [1.54, 1.807) is 11.0 Å². The summed E-state index contributed by atoms with van der Waals surface area (Å²) in [5, 5.41) is 3.53. The lowest BCUT2D eigenvalue weighted by molar-refractivity contribution is -0.143. The van der Waals surface area contributed by atoms with Gasteiger partial charge in [-0.15, -0.1) is 0 Å². The van der Waals surface area contributed by atoms with E-state index in [-0.39, 0.29) is 30.4 Å². The Morgan fingerprint density at radius 1 is 1.06 bits per heavy atom. The van der Waals surface area contributed by atoms with E-state index in [0.29, 0.717) is 29.7 Å². The number of hydrogen-bond acceptors (Lipinski definition) is 3. The molecule has 33 heavy (non-hydrogen) atoms. The average molecular weight is 473 g/mol. The molecule has 0 radical (unpaired) electrons. The Labute approximate surface area is 203 Å². The normalized spacial score (nSPS) is 12.4. The van der Waals surface area contributed by atoms with Crippen molar-refractivity contribution in [3.8, 4) is 5.75 Å². The summed E-state index contributed by atoms with van der Waals surface area (Å²) < 4.78 is 5.99. The summed E-state index contributed by atoms with van der Waals surface area (Å²) in [5.41, 5.74) is 1.69. The van der Waals surface area contributed by atoms with Gasteiger partial charge in [-0.1, -0.05) is 89.5 Å². The van der Waals surface area contributed by atoms with E-state index in [4.69, 9.17) is 16.3 Å². The molecule has 0 aliphatic carbocycles. The zero-order valence-corrected chi connectivity index (χ0v) is 21.4. The van der Waals surface area contributed by atoms with Crippen LogP contribution < -0.4 is 10.1 Å². The molecule has 180 valence electrons. The number of para-hydroxylation sites is 1. The van der Waals surface area contributed by atoms with Gasteiger partial charge in [0.25, 0.3) is 5.91 Å². The van der Waals surface area contributed by atoms with Gasteiger partial charge in [-0.2, -0.15) is 0 Å². The molecule has 0 fully saturated rings. The third-order valence-electron chi connectivity index (χ3n) is 5.42. The van der Waals surface area contributed by atoms with Crippen LogP contribution in [0.25, 0.3) is 0 Å². The molecule has 1 N–H and O–H groups in total. The smallest absolute Gasteiger partial charge is 0.261 e. The van der Waals surface area contributed by atoms with Crippen LogP contribution in [0.4, 0.5) is 0 Å². The number of ether oxygens (including phenoxy) is 1. The number of amides is 2. The standard InChI is InChI=1S/C27H37ClN2O3/c1-7-23(26(32)29-16-19(2)3)30(17-20-12-8-10-14-22(20)28)25(31)18-33-24-15-11-9-13-21(24)27(4,5)6/h8-15,19,23H,7,16-18H2,1-6H3,(H,29,32). The topological polar surface area (TPSA) is 58.6 Å². The summed E-state index contributed by atoms with van der Waals surface area (Å²) in [6.07, 6.45) is 0.485. The number of hydrogen-bond donors (Lipinski definition) is 1. The molecule has 2 rings (SSSR count). The highest BCUT2D eigenvalue weighted by Crippen LogP contribution is 2.31. The minimum Gasteiger partial charge on any atom is -0.483 e. The fourth-order valence-corrected chi connectivity index (χ4v) is 3.78. The molecule has 5 nitrogen and oxygen atoms in total. The van der Waals surface area contributed by atoms with Gasteiger partial charge in [0.15, 0.2) is 6.61 Å².